The van der Waals surface area contributed by atoms with Crippen molar-refractivity contribution in [2.75, 3.05) is 32.8 Å². The van der Waals surface area contributed by atoms with E-state index >= 15 is 0 Å². The van der Waals surface area contributed by atoms with E-state index in [2.05, 4.69) is 24.3 Å². The highest BCUT2D eigenvalue weighted by Crippen LogP contribution is 2.19. The molecule has 134 valence electrons. The predicted octanol–water partition coefficient (Wildman–Crippen LogP) is 2.08. The van der Waals surface area contributed by atoms with Crippen LogP contribution in [0.25, 0.3) is 0 Å². The number of piperidine rings is 1. The van der Waals surface area contributed by atoms with Crippen LogP contribution in [0.5, 0.6) is 0 Å². The van der Waals surface area contributed by atoms with Gasteiger partial charge in [0.1, 0.15) is 5.69 Å². The molecule has 24 heavy (non-hydrogen) atoms. The molecule has 0 bridgehead atoms. The molecule has 1 aromatic rings. The Bertz CT molecular complexity index is 537. The van der Waals surface area contributed by atoms with Crippen LogP contribution in [-0.2, 0) is 4.74 Å². The van der Waals surface area contributed by atoms with Crippen LogP contribution in [0.4, 0.5) is 0 Å². The van der Waals surface area contributed by atoms with Gasteiger partial charge in [0, 0.05) is 32.4 Å². The van der Waals surface area contributed by atoms with Crippen molar-refractivity contribution in [3.8, 4) is 0 Å². The molecule has 2 fully saturated rings. The van der Waals surface area contributed by atoms with E-state index in [0.29, 0.717) is 24.2 Å². The first-order chi connectivity index (χ1) is 11.6. The Morgan fingerprint density at radius 2 is 2.33 bits per heavy atom. The monoisotopic (exact) mass is 334 g/mol. The lowest BCUT2D eigenvalue weighted by Crippen LogP contribution is -2.33. The van der Waals surface area contributed by atoms with E-state index in [9.17, 15) is 4.79 Å². The fraction of sp³-hybridized carbons (Fsp3) is 0.778. The van der Waals surface area contributed by atoms with Gasteiger partial charge in [-0.05, 0) is 44.2 Å². The number of nitrogens with one attached hydrogen (secondary N) is 1. The fourth-order valence-corrected chi connectivity index (χ4v) is 3.40. The zero-order valence-electron chi connectivity index (χ0n) is 14.9. The topological polar surface area (TPSA) is 59.4 Å². The summed E-state index contributed by atoms with van der Waals surface area (Å²) in [5.74, 6) is 0.690. The van der Waals surface area contributed by atoms with Gasteiger partial charge >= 0.3 is 0 Å². The second-order valence-corrected chi connectivity index (χ2v) is 7.40. The number of ether oxygens (including phenoxy) is 1. The van der Waals surface area contributed by atoms with Gasteiger partial charge in [0.2, 0.25) is 0 Å². The van der Waals surface area contributed by atoms with E-state index in [1.165, 1.54) is 0 Å². The van der Waals surface area contributed by atoms with Gasteiger partial charge in [0.25, 0.3) is 5.91 Å². The molecule has 1 amide bonds. The molecular formula is C18H30N4O2. The minimum absolute atomic E-state index is 0.0347. The van der Waals surface area contributed by atoms with E-state index in [-0.39, 0.29) is 12.0 Å². The number of likely N-dealkylation sites (tertiary alicyclic amines) is 1. The first kappa shape index (κ1) is 17.4. The Labute approximate surface area is 144 Å². The first-order valence-corrected chi connectivity index (χ1v) is 9.30. The van der Waals surface area contributed by atoms with E-state index in [4.69, 9.17) is 4.74 Å². The highest BCUT2D eigenvalue weighted by Gasteiger charge is 2.29. The number of hydrogen-bond donors (Lipinski definition) is 1. The van der Waals surface area contributed by atoms with Crippen LogP contribution < -0.4 is 5.32 Å². The third-order valence-corrected chi connectivity index (χ3v) is 4.95. The van der Waals surface area contributed by atoms with Gasteiger partial charge in [-0.3, -0.25) is 9.48 Å². The maximum Gasteiger partial charge on any atom is 0.274 e. The number of carbonyl (C=O) groups excluding carboxylic acids is 1. The summed E-state index contributed by atoms with van der Waals surface area (Å²) in [4.78, 5) is 14.5. The van der Waals surface area contributed by atoms with Gasteiger partial charge in [-0.15, -0.1) is 0 Å². The normalized spacial score (nSPS) is 24.7. The van der Waals surface area contributed by atoms with Crippen molar-refractivity contribution < 1.29 is 9.53 Å². The third-order valence-electron chi connectivity index (χ3n) is 4.95. The second-order valence-electron chi connectivity index (χ2n) is 7.40. The number of nitrogens with zero attached hydrogens (tertiary/aromatic N) is 3. The van der Waals surface area contributed by atoms with Crippen LogP contribution in [0.3, 0.4) is 0 Å². The van der Waals surface area contributed by atoms with Gasteiger partial charge in [0.15, 0.2) is 0 Å². The molecule has 6 heteroatoms. The average molecular weight is 334 g/mol. The van der Waals surface area contributed by atoms with E-state index in [1.54, 1.807) is 0 Å². The summed E-state index contributed by atoms with van der Waals surface area (Å²) in [7, 11) is 0. The standard InChI is InChI=1S/C18H30N4O2/c1-14(2)7-11-24-16-5-9-21(13-16)18(23)17-6-10-22(20-17)15-4-3-8-19-12-15/h6,10,14-16,19H,3-5,7-9,11-13H2,1-2H3. The number of rotatable bonds is 6. The minimum Gasteiger partial charge on any atom is -0.376 e. The first-order valence-electron chi connectivity index (χ1n) is 9.30. The highest BCUT2D eigenvalue weighted by atomic mass is 16.5. The van der Waals surface area contributed by atoms with Crippen molar-refractivity contribution in [3.05, 3.63) is 18.0 Å². The molecule has 0 saturated carbocycles. The van der Waals surface area contributed by atoms with Crippen molar-refractivity contribution in [3.63, 3.8) is 0 Å². The van der Waals surface area contributed by atoms with Crippen molar-refractivity contribution in [2.24, 2.45) is 5.92 Å². The molecule has 3 rings (SSSR count). The summed E-state index contributed by atoms with van der Waals surface area (Å²) in [6.07, 6.45) is 6.41. The molecule has 2 atom stereocenters. The Morgan fingerprint density at radius 3 is 3.08 bits per heavy atom. The Hall–Kier alpha value is -1.40. The fourth-order valence-electron chi connectivity index (χ4n) is 3.40. The van der Waals surface area contributed by atoms with Crippen LogP contribution in [-0.4, -0.2) is 59.5 Å². The van der Waals surface area contributed by atoms with Gasteiger partial charge in [-0.1, -0.05) is 13.8 Å². The molecule has 3 heterocycles. The summed E-state index contributed by atoms with van der Waals surface area (Å²) in [6.45, 7) is 8.66. The summed E-state index contributed by atoms with van der Waals surface area (Å²) < 4.78 is 7.85. The highest BCUT2D eigenvalue weighted by molar-refractivity contribution is 5.92. The lowest BCUT2D eigenvalue weighted by Gasteiger charge is -2.23. The Kier molecular flexibility index (Phi) is 5.89. The summed E-state index contributed by atoms with van der Waals surface area (Å²) in [5.41, 5.74) is 0.559. The predicted molar refractivity (Wildman–Crippen MR) is 93.1 cm³/mol. The Morgan fingerprint density at radius 1 is 1.46 bits per heavy atom. The second kappa shape index (κ2) is 8.12. The number of hydrogen-bond acceptors (Lipinski definition) is 4. The summed E-state index contributed by atoms with van der Waals surface area (Å²) >= 11 is 0. The molecule has 0 aliphatic carbocycles. The summed E-state index contributed by atoms with van der Waals surface area (Å²) in [5, 5.41) is 7.92. The smallest absolute Gasteiger partial charge is 0.274 e. The maximum absolute atomic E-state index is 12.6. The van der Waals surface area contributed by atoms with Gasteiger partial charge in [-0.2, -0.15) is 5.10 Å². The molecule has 2 unspecified atom stereocenters. The number of amides is 1. The van der Waals surface area contributed by atoms with Crippen LogP contribution in [0.1, 0.15) is 56.1 Å². The molecule has 0 aromatic carbocycles. The lowest BCUT2D eigenvalue weighted by atomic mass is 10.1. The third kappa shape index (κ3) is 4.36. The van der Waals surface area contributed by atoms with Crippen molar-refractivity contribution in [1.29, 1.82) is 0 Å². The van der Waals surface area contributed by atoms with Crippen molar-refractivity contribution in [1.82, 2.24) is 20.0 Å². The molecule has 1 N–H and O–H groups in total. The number of aromatic nitrogens is 2. The SMILES string of the molecule is CC(C)CCOC1CCN(C(=O)c2ccn(C3CCCNC3)n2)C1. The van der Waals surface area contributed by atoms with Crippen molar-refractivity contribution >= 4 is 5.91 Å². The van der Waals surface area contributed by atoms with E-state index in [0.717, 1.165) is 51.9 Å². The van der Waals surface area contributed by atoms with Crippen LogP contribution in [0.15, 0.2) is 12.3 Å². The van der Waals surface area contributed by atoms with Gasteiger partial charge in [0.05, 0.1) is 12.1 Å². The largest absolute Gasteiger partial charge is 0.376 e. The molecule has 6 nitrogen and oxygen atoms in total. The van der Waals surface area contributed by atoms with Crippen molar-refractivity contribution in [2.45, 2.75) is 51.7 Å². The van der Waals surface area contributed by atoms with Crippen LogP contribution >= 0.6 is 0 Å². The molecular weight excluding hydrogens is 304 g/mol. The van der Waals surface area contributed by atoms with E-state index < -0.39 is 0 Å². The van der Waals surface area contributed by atoms with Gasteiger partial charge < -0.3 is 15.0 Å². The molecule has 0 radical (unpaired) electrons. The average Bonchev–Trinajstić information content (AvgIpc) is 3.24. The minimum atomic E-state index is 0.0347. The zero-order valence-corrected chi connectivity index (χ0v) is 14.9. The Balaban J connectivity index is 1.50. The van der Waals surface area contributed by atoms with Gasteiger partial charge in [-0.25, -0.2) is 0 Å². The summed E-state index contributed by atoms with van der Waals surface area (Å²) in [6, 6.07) is 2.22. The zero-order chi connectivity index (χ0) is 16.9. The maximum atomic E-state index is 12.6. The number of carbonyl (C=O) groups is 1. The lowest BCUT2D eigenvalue weighted by molar-refractivity contribution is 0.0482. The molecule has 1 aromatic heterocycles. The molecule has 0 spiro atoms. The van der Waals surface area contributed by atoms with E-state index in [1.807, 2.05) is 21.8 Å². The molecule has 2 aliphatic rings. The molecule has 2 aliphatic heterocycles. The quantitative estimate of drug-likeness (QED) is 0.865. The molecule has 2 saturated heterocycles. The van der Waals surface area contributed by atoms with Crippen LogP contribution in [0, 0.1) is 5.92 Å². The van der Waals surface area contributed by atoms with Crippen LogP contribution in [0.2, 0.25) is 0 Å².